The Balaban J connectivity index is 1.86. The van der Waals surface area contributed by atoms with Crippen LogP contribution in [0.25, 0.3) is 5.65 Å². The summed E-state index contributed by atoms with van der Waals surface area (Å²) in [4.78, 5) is 4.23. The fourth-order valence-corrected chi connectivity index (χ4v) is 2.81. The van der Waals surface area contributed by atoms with Crippen LogP contribution in [0.3, 0.4) is 0 Å². The maximum absolute atomic E-state index is 6.04. The van der Waals surface area contributed by atoms with E-state index in [4.69, 9.17) is 11.6 Å². The maximum Gasteiger partial charge on any atom is 0.159 e. The molecule has 1 fully saturated rings. The lowest BCUT2D eigenvalue weighted by Gasteiger charge is -2.18. The lowest BCUT2D eigenvalue weighted by Crippen LogP contribution is -2.20. The highest BCUT2D eigenvalue weighted by Crippen LogP contribution is 2.22. The molecule has 0 amide bonds. The maximum atomic E-state index is 6.04. The normalized spacial score (nSPS) is 17.8. The van der Waals surface area contributed by atoms with Gasteiger partial charge in [0.1, 0.15) is 11.0 Å². The second-order valence-corrected chi connectivity index (χ2v) is 5.29. The highest BCUT2D eigenvalue weighted by Gasteiger charge is 2.14. The van der Waals surface area contributed by atoms with Gasteiger partial charge in [-0.1, -0.05) is 37.3 Å². The number of halogens is 1. The van der Waals surface area contributed by atoms with Crippen LogP contribution in [0.15, 0.2) is 18.3 Å². The van der Waals surface area contributed by atoms with E-state index in [0.29, 0.717) is 11.2 Å². The van der Waals surface area contributed by atoms with Crippen molar-refractivity contribution >= 4 is 23.1 Å². The highest BCUT2D eigenvalue weighted by atomic mass is 35.5. The summed E-state index contributed by atoms with van der Waals surface area (Å²) in [5.74, 6) is 0.946. The van der Waals surface area contributed by atoms with E-state index < -0.39 is 0 Å². The number of aromatic nitrogens is 3. The molecule has 0 bridgehead atoms. The van der Waals surface area contributed by atoms with Gasteiger partial charge in [-0.2, -0.15) is 9.61 Å². The Morgan fingerprint density at radius 2 is 2.00 bits per heavy atom. The minimum absolute atomic E-state index is 0.513. The van der Waals surface area contributed by atoms with Gasteiger partial charge in [-0.3, -0.25) is 0 Å². The first kappa shape index (κ1) is 11.8. The summed E-state index contributed by atoms with van der Waals surface area (Å²) in [5.41, 5.74) is 0.790. The van der Waals surface area contributed by atoms with Crippen LogP contribution in [0, 0.1) is 0 Å². The summed E-state index contributed by atoms with van der Waals surface area (Å²) in [6, 6.07) is 4.25. The Hall–Kier alpha value is -1.29. The smallest absolute Gasteiger partial charge is 0.159 e. The Morgan fingerprint density at radius 1 is 1.22 bits per heavy atom. The van der Waals surface area contributed by atoms with Crippen molar-refractivity contribution in [3.63, 3.8) is 0 Å². The molecule has 1 N–H and O–H groups in total. The molecule has 0 aliphatic heterocycles. The zero-order valence-corrected chi connectivity index (χ0v) is 11.0. The monoisotopic (exact) mass is 264 g/mol. The average molecular weight is 265 g/mol. The molecule has 1 aliphatic carbocycles. The minimum atomic E-state index is 0.513. The first-order chi connectivity index (χ1) is 8.83. The largest absolute Gasteiger partial charge is 0.367 e. The standard InChI is InChI=1S/C13H17ClN4/c14-11-9-13(18-12(17-11)7-8-15-18)16-10-5-3-1-2-4-6-10/h7-10,16H,1-6H2. The molecule has 2 heterocycles. The average Bonchev–Trinajstić information content (AvgIpc) is 2.66. The molecule has 0 radical (unpaired) electrons. The second-order valence-electron chi connectivity index (χ2n) is 4.90. The van der Waals surface area contributed by atoms with Crippen molar-refractivity contribution in [3.8, 4) is 0 Å². The van der Waals surface area contributed by atoms with Gasteiger partial charge in [-0.05, 0) is 12.8 Å². The van der Waals surface area contributed by atoms with Crippen molar-refractivity contribution in [1.82, 2.24) is 14.6 Å². The van der Waals surface area contributed by atoms with E-state index in [1.54, 1.807) is 6.20 Å². The third-order valence-electron chi connectivity index (χ3n) is 3.54. The summed E-state index contributed by atoms with van der Waals surface area (Å²) in [7, 11) is 0. The third-order valence-corrected chi connectivity index (χ3v) is 3.73. The van der Waals surface area contributed by atoms with Crippen LogP contribution in [0.1, 0.15) is 38.5 Å². The lowest BCUT2D eigenvalue weighted by atomic mass is 10.1. The van der Waals surface area contributed by atoms with Crippen molar-refractivity contribution in [2.75, 3.05) is 5.32 Å². The van der Waals surface area contributed by atoms with E-state index in [1.165, 1.54) is 38.5 Å². The molecule has 0 spiro atoms. The van der Waals surface area contributed by atoms with Crippen LogP contribution in [0.4, 0.5) is 5.82 Å². The van der Waals surface area contributed by atoms with E-state index in [-0.39, 0.29) is 0 Å². The second kappa shape index (κ2) is 5.14. The number of nitrogens with one attached hydrogen (secondary N) is 1. The van der Waals surface area contributed by atoms with Crippen LogP contribution in [0.2, 0.25) is 5.15 Å². The van der Waals surface area contributed by atoms with E-state index >= 15 is 0 Å². The van der Waals surface area contributed by atoms with Crippen LogP contribution in [-0.2, 0) is 0 Å². The molecular formula is C13H17ClN4. The van der Waals surface area contributed by atoms with Crippen molar-refractivity contribution in [1.29, 1.82) is 0 Å². The number of hydrogen-bond donors (Lipinski definition) is 1. The number of fused-ring (bicyclic) bond motifs is 1. The lowest BCUT2D eigenvalue weighted by molar-refractivity contribution is 0.614. The van der Waals surface area contributed by atoms with Crippen LogP contribution in [-0.4, -0.2) is 20.6 Å². The molecule has 18 heavy (non-hydrogen) atoms. The summed E-state index contributed by atoms with van der Waals surface area (Å²) < 4.78 is 1.82. The SMILES string of the molecule is Clc1cc(NC2CCCCCC2)n2nccc2n1. The van der Waals surface area contributed by atoms with Gasteiger partial charge in [0.05, 0.1) is 6.20 Å². The molecule has 3 rings (SSSR count). The molecule has 5 heteroatoms. The molecule has 1 aliphatic rings. The van der Waals surface area contributed by atoms with E-state index in [9.17, 15) is 0 Å². The van der Waals surface area contributed by atoms with E-state index in [2.05, 4.69) is 15.4 Å². The van der Waals surface area contributed by atoms with E-state index in [1.807, 2.05) is 16.6 Å². The van der Waals surface area contributed by atoms with Gasteiger partial charge in [0.25, 0.3) is 0 Å². The van der Waals surface area contributed by atoms with Crippen molar-refractivity contribution in [2.24, 2.45) is 0 Å². The molecule has 2 aromatic heterocycles. The van der Waals surface area contributed by atoms with Crippen LogP contribution >= 0.6 is 11.6 Å². The fourth-order valence-electron chi connectivity index (χ4n) is 2.62. The Kier molecular flexibility index (Phi) is 3.37. The van der Waals surface area contributed by atoms with Gasteiger partial charge in [0.2, 0.25) is 0 Å². The van der Waals surface area contributed by atoms with Crippen molar-refractivity contribution in [2.45, 2.75) is 44.6 Å². The van der Waals surface area contributed by atoms with Gasteiger partial charge in [-0.25, -0.2) is 4.98 Å². The molecular weight excluding hydrogens is 248 g/mol. The molecule has 0 atom stereocenters. The molecule has 1 saturated carbocycles. The summed E-state index contributed by atoms with van der Waals surface area (Å²) in [5, 5.41) is 8.36. The molecule has 96 valence electrons. The quantitative estimate of drug-likeness (QED) is 0.667. The summed E-state index contributed by atoms with van der Waals surface area (Å²) in [6.45, 7) is 0. The zero-order chi connectivity index (χ0) is 12.4. The Bertz CT molecular complexity index is 529. The molecule has 4 nitrogen and oxygen atoms in total. The highest BCUT2D eigenvalue weighted by molar-refractivity contribution is 6.29. The fraction of sp³-hybridized carbons (Fsp3) is 0.538. The minimum Gasteiger partial charge on any atom is -0.367 e. The molecule has 0 unspecified atom stereocenters. The zero-order valence-electron chi connectivity index (χ0n) is 10.3. The first-order valence-corrected chi connectivity index (χ1v) is 6.97. The van der Waals surface area contributed by atoms with E-state index in [0.717, 1.165) is 11.5 Å². The van der Waals surface area contributed by atoms with Crippen molar-refractivity contribution < 1.29 is 0 Å². The summed E-state index contributed by atoms with van der Waals surface area (Å²) >= 11 is 6.04. The van der Waals surface area contributed by atoms with Crippen molar-refractivity contribution in [3.05, 3.63) is 23.5 Å². The Labute approximate surface area is 111 Å². The number of hydrogen-bond acceptors (Lipinski definition) is 3. The third kappa shape index (κ3) is 2.43. The summed E-state index contributed by atoms with van der Waals surface area (Å²) in [6.07, 6.45) is 9.51. The first-order valence-electron chi connectivity index (χ1n) is 6.60. The van der Waals surface area contributed by atoms with Gasteiger partial charge >= 0.3 is 0 Å². The molecule has 2 aromatic rings. The van der Waals surface area contributed by atoms with Gasteiger partial charge in [-0.15, -0.1) is 0 Å². The van der Waals surface area contributed by atoms with Gasteiger partial charge in [0, 0.05) is 18.2 Å². The predicted molar refractivity (Wildman–Crippen MR) is 73.1 cm³/mol. The molecule has 0 aromatic carbocycles. The van der Waals surface area contributed by atoms with Crippen LogP contribution in [0.5, 0.6) is 0 Å². The predicted octanol–water partition coefficient (Wildman–Crippen LogP) is 3.52. The number of anilines is 1. The van der Waals surface area contributed by atoms with Crippen LogP contribution < -0.4 is 5.32 Å². The Morgan fingerprint density at radius 3 is 2.78 bits per heavy atom. The van der Waals surface area contributed by atoms with Gasteiger partial charge < -0.3 is 5.32 Å². The number of nitrogens with zero attached hydrogens (tertiary/aromatic N) is 3. The topological polar surface area (TPSA) is 42.2 Å². The van der Waals surface area contributed by atoms with Gasteiger partial charge in [0.15, 0.2) is 5.65 Å². The number of rotatable bonds is 2. The molecule has 0 saturated heterocycles.